The molecule has 4 rings (SSSR count). The SMILES string of the molecule is CC(c1ccc(-c2ccc(C(=O)O)c(F)c2)cc1Cl)C(c1ccc2c(c1)N(C)CCO2)C(F)(F)F. The fourth-order valence-electron chi connectivity index (χ4n) is 4.45. The molecule has 0 radical (unpaired) electrons. The smallest absolute Gasteiger partial charge is 0.396 e. The van der Waals surface area contributed by atoms with Crippen LogP contribution in [0.5, 0.6) is 5.75 Å². The Morgan fingerprint density at radius 1 is 1.09 bits per heavy atom. The zero-order valence-electron chi connectivity index (χ0n) is 18.9. The van der Waals surface area contributed by atoms with Gasteiger partial charge in [0.05, 0.1) is 23.7 Å². The lowest BCUT2D eigenvalue weighted by Crippen LogP contribution is -2.30. The van der Waals surface area contributed by atoms with Crippen molar-refractivity contribution in [2.75, 3.05) is 25.1 Å². The number of ether oxygens (including phenoxy) is 1. The number of aromatic carboxylic acids is 1. The molecule has 0 saturated carbocycles. The second kappa shape index (κ2) is 9.41. The van der Waals surface area contributed by atoms with E-state index >= 15 is 0 Å². The van der Waals surface area contributed by atoms with E-state index in [9.17, 15) is 22.4 Å². The van der Waals surface area contributed by atoms with Crippen molar-refractivity contribution in [1.82, 2.24) is 0 Å². The lowest BCUT2D eigenvalue weighted by Gasteiger charge is -2.32. The Morgan fingerprint density at radius 3 is 2.40 bits per heavy atom. The topological polar surface area (TPSA) is 49.8 Å². The molecule has 0 bridgehead atoms. The molecule has 35 heavy (non-hydrogen) atoms. The fraction of sp³-hybridized carbons (Fsp3) is 0.269. The molecule has 9 heteroatoms. The van der Waals surface area contributed by atoms with Crippen molar-refractivity contribution in [3.05, 3.63) is 82.1 Å². The number of hydrogen-bond acceptors (Lipinski definition) is 3. The minimum atomic E-state index is -4.54. The van der Waals surface area contributed by atoms with Gasteiger partial charge < -0.3 is 14.7 Å². The maximum atomic E-state index is 14.3. The van der Waals surface area contributed by atoms with E-state index in [2.05, 4.69) is 0 Å². The third-order valence-corrected chi connectivity index (χ3v) is 6.64. The van der Waals surface area contributed by atoms with E-state index in [4.69, 9.17) is 21.4 Å². The van der Waals surface area contributed by atoms with Crippen LogP contribution in [0.2, 0.25) is 5.02 Å². The zero-order chi connectivity index (χ0) is 25.5. The van der Waals surface area contributed by atoms with Gasteiger partial charge in [-0.1, -0.05) is 42.8 Å². The summed E-state index contributed by atoms with van der Waals surface area (Å²) in [6.07, 6.45) is -4.54. The molecule has 1 heterocycles. The van der Waals surface area contributed by atoms with Crippen LogP contribution in [0.4, 0.5) is 23.2 Å². The predicted octanol–water partition coefficient (Wildman–Crippen LogP) is 7.12. The number of hydrogen-bond donors (Lipinski definition) is 1. The molecule has 184 valence electrons. The minimum Gasteiger partial charge on any atom is -0.490 e. The number of carboxylic acids is 1. The Balaban J connectivity index is 1.70. The number of rotatable bonds is 5. The van der Waals surface area contributed by atoms with Gasteiger partial charge in [0.25, 0.3) is 0 Å². The van der Waals surface area contributed by atoms with Gasteiger partial charge in [-0.2, -0.15) is 13.2 Å². The molecule has 3 aromatic carbocycles. The van der Waals surface area contributed by atoms with Crippen molar-refractivity contribution < 1.29 is 32.2 Å². The summed E-state index contributed by atoms with van der Waals surface area (Å²) < 4.78 is 62.6. The first kappa shape index (κ1) is 24.9. The molecule has 3 aromatic rings. The van der Waals surface area contributed by atoms with Crippen LogP contribution in [0.1, 0.15) is 40.2 Å². The van der Waals surface area contributed by atoms with Gasteiger partial charge in [0.1, 0.15) is 18.2 Å². The van der Waals surface area contributed by atoms with Crippen LogP contribution in [0.3, 0.4) is 0 Å². The number of alkyl halides is 3. The first-order chi connectivity index (χ1) is 16.5. The van der Waals surface area contributed by atoms with E-state index in [0.29, 0.717) is 41.3 Å². The summed E-state index contributed by atoms with van der Waals surface area (Å²) in [7, 11) is 1.80. The second-order valence-corrected chi connectivity index (χ2v) is 8.95. The summed E-state index contributed by atoms with van der Waals surface area (Å²) in [5.41, 5.74) is 1.34. The number of fused-ring (bicyclic) bond motifs is 1. The normalized spacial score (nSPS) is 15.2. The molecule has 0 spiro atoms. The van der Waals surface area contributed by atoms with Gasteiger partial charge in [-0.05, 0) is 58.5 Å². The number of anilines is 1. The number of carboxylic acid groups (broad SMARTS) is 1. The summed E-state index contributed by atoms with van der Waals surface area (Å²) in [5.74, 6) is -4.61. The number of carbonyl (C=O) groups is 1. The van der Waals surface area contributed by atoms with Gasteiger partial charge in [0.2, 0.25) is 0 Å². The predicted molar refractivity (Wildman–Crippen MR) is 126 cm³/mol. The van der Waals surface area contributed by atoms with Crippen molar-refractivity contribution in [1.29, 1.82) is 0 Å². The van der Waals surface area contributed by atoms with Gasteiger partial charge in [-0.3, -0.25) is 0 Å². The summed E-state index contributed by atoms with van der Waals surface area (Å²) in [5, 5.41) is 9.10. The van der Waals surface area contributed by atoms with E-state index in [1.165, 1.54) is 37.3 Å². The Morgan fingerprint density at radius 2 is 1.77 bits per heavy atom. The van der Waals surface area contributed by atoms with E-state index in [1.807, 2.05) is 4.90 Å². The lowest BCUT2D eigenvalue weighted by molar-refractivity contribution is -0.154. The van der Waals surface area contributed by atoms with E-state index < -0.39 is 35.4 Å². The minimum absolute atomic E-state index is 0.102. The summed E-state index contributed by atoms with van der Waals surface area (Å²) in [6.45, 7) is 2.51. The van der Waals surface area contributed by atoms with Crippen molar-refractivity contribution >= 4 is 23.3 Å². The Bertz CT molecular complexity index is 1280. The zero-order valence-corrected chi connectivity index (χ0v) is 19.6. The Labute approximate surface area is 204 Å². The van der Waals surface area contributed by atoms with Gasteiger partial charge in [-0.15, -0.1) is 0 Å². The fourth-order valence-corrected chi connectivity index (χ4v) is 4.80. The number of likely N-dealkylation sites (N-methyl/N-ethyl adjacent to an activating group) is 1. The summed E-state index contributed by atoms with van der Waals surface area (Å²) in [6, 6.07) is 12.6. The number of nitrogens with zero attached hydrogens (tertiary/aromatic N) is 1. The highest BCUT2D eigenvalue weighted by Crippen LogP contribution is 2.48. The second-order valence-electron chi connectivity index (χ2n) is 8.54. The van der Waals surface area contributed by atoms with Gasteiger partial charge >= 0.3 is 12.1 Å². The lowest BCUT2D eigenvalue weighted by atomic mass is 9.81. The van der Waals surface area contributed by atoms with Crippen molar-refractivity contribution in [3.63, 3.8) is 0 Å². The monoisotopic (exact) mass is 507 g/mol. The summed E-state index contributed by atoms with van der Waals surface area (Å²) >= 11 is 6.43. The van der Waals surface area contributed by atoms with Crippen molar-refractivity contribution in [3.8, 4) is 16.9 Å². The van der Waals surface area contributed by atoms with Crippen LogP contribution in [-0.2, 0) is 0 Å². The van der Waals surface area contributed by atoms with Crippen LogP contribution < -0.4 is 9.64 Å². The van der Waals surface area contributed by atoms with E-state index in [1.54, 1.807) is 19.2 Å². The average Bonchev–Trinajstić information content (AvgIpc) is 2.78. The maximum Gasteiger partial charge on any atom is 0.396 e. The molecule has 0 fully saturated rings. The van der Waals surface area contributed by atoms with Crippen LogP contribution in [-0.4, -0.2) is 37.5 Å². The van der Waals surface area contributed by atoms with E-state index in [-0.39, 0.29) is 10.6 Å². The molecular formula is C26H22ClF4NO3. The molecule has 0 aliphatic carbocycles. The van der Waals surface area contributed by atoms with Crippen molar-refractivity contribution in [2.24, 2.45) is 0 Å². The first-order valence-corrected chi connectivity index (χ1v) is 11.2. The Kier molecular flexibility index (Phi) is 6.68. The molecular weight excluding hydrogens is 486 g/mol. The highest BCUT2D eigenvalue weighted by molar-refractivity contribution is 6.31. The summed E-state index contributed by atoms with van der Waals surface area (Å²) in [4.78, 5) is 12.9. The van der Waals surface area contributed by atoms with Gasteiger partial charge in [-0.25, -0.2) is 9.18 Å². The molecule has 2 atom stereocenters. The molecule has 0 aromatic heterocycles. The first-order valence-electron chi connectivity index (χ1n) is 10.8. The van der Waals surface area contributed by atoms with Crippen LogP contribution in [0.25, 0.3) is 11.1 Å². The van der Waals surface area contributed by atoms with E-state index in [0.717, 1.165) is 12.1 Å². The third-order valence-electron chi connectivity index (χ3n) is 6.31. The molecule has 4 nitrogen and oxygen atoms in total. The maximum absolute atomic E-state index is 14.3. The Hall–Kier alpha value is -3.26. The van der Waals surface area contributed by atoms with Crippen LogP contribution >= 0.6 is 11.6 Å². The van der Waals surface area contributed by atoms with Gasteiger partial charge in [0, 0.05) is 12.1 Å². The van der Waals surface area contributed by atoms with Gasteiger partial charge in [0.15, 0.2) is 0 Å². The average molecular weight is 508 g/mol. The molecule has 1 aliphatic rings. The molecule has 1 aliphatic heterocycles. The number of benzene rings is 3. The molecule has 0 amide bonds. The quantitative estimate of drug-likeness (QED) is 0.373. The molecule has 0 saturated heterocycles. The third kappa shape index (κ3) is 4.93. The molecule has 1 N–H and O–H groups in total. The number of halogens is 5. The standard InChI is InChI=1S/C26H22ClF4NO3/c1-14(24(26(29,30)31)17-5-8-23-22(13-17)32(2)9-10-35-23)18-6-3-15(11-20(18)27)16-4-7-19(25(33)34)21(28)12-16/h3-8,11-14,24H,9-10H2,1-2H3,(H,33,34). The van der Waals surface area contributed by atoms with Crippen LogP contribution in [0, 0.1) is 5.82 Å². The largest absolute Gasteiger partial charge is 0.490 e. The van der Waals surface area contributed by atoms with Crippen LogP contribution in [0.15, 0.2) is 54.6 Å². The molecule has 2 unspecified atom stereocenters. The highest BCUT2D eigenvalue weighted by Gasteiger charge is 2.45. The highest BCUT2D eigenvalue weighted by atomic mass is 35.5. The van der Waals surface area contributed by atoms with Crippen molar-refractivity contribution in [2.45, 2.75) is 24.9 Å².